The Morgan fingerprint density at radius 2 is 1.95 bits per heavy atom. The molecule has 0 radical (unpaired) electrons. The highest BCUT2D eigenvalue weighted by atomic mass is 32.1. The summed E-state index contributed by atoms with van der Waals surface area (Å²) in [5, 5.41) is 2.67. The third kappa shape index (κ3) is 2.63. The Kier molecular flexibility index (Phi) is 3.41. The Labute approximate surface area is 123 Å². The van der Waals surface area contributed by atoms with Gasteiger partial charge in [0.25, 0.3) is 5.91 Å². The van der Waals surface area contributed by atoms with E-state index in [1.54, 1.807) is 12.1 Å². The highest BCUT2D eigenvalue weighted by Gasteiger charge is 2.15. The predicted molar refractivity (Wildman–Crippen MR) is 79.7 cm³/mol. The Morgan fingerprint density at radius 3 is 2.71 bits per heavy atom. The minimum atomic E-state index is -0.456. The topological polar surface area (TPSA) is 84.1 Å². The largest absolute Gasteiger partial charge is 0.465 e. The van der Waals surface area contributed by atoms with E-state index in [4.69, 9.17) is 0 Å². The number of para-hydroxylation sites is 2. The normalized spacial score (nSPS) is 10.5. The van der Waals surface area contributed by atoms with Crippen molar-refractivity contribution in [3.8, 4) is 0 Å². The molecule has 2 N–H and O–H groups in total. The molecule has 0 bridgehead atoms. The van der Waals surface area contributed by atoms with Crippen molar-refractivity contribution in [2.75, 3.05) is 12.4 Å². The number of imidazole rings is 1. The number of thiophene rings is 1. The number of nitrogens with zero attached hydrogens (tertiary/aromatic N) is 1. The average Bonchev–Trinajstić information content (AvgIpc) is 3.12. The second-order valence-corrected chi connectivity index (χ2v) is 5.30. The zero-order chi connectivity index (χ0) is 14.8. The van der Waals surface area contributed by atoms with Crippen molar-refractivity contribution in [1.29, 1.82) is 0 Å². The van der Waals surface area contributed by atoms with Crippen LogP contribution >= 0.6 is 11.3 Å². The molecule has 0 aliphatic heterocycles. The summed E-state index contributed by atoms with van der Waals surface area (Å²) in [6.45, 7) is 0. The number of aromatic nitrogens is 2. The first-order chi connectivity index (χ1) is 10.2. The van der Waals surface area contributed by atoms with Crippen molar-refractivity contribution >= 4 is 40.2 Å². The standard InChI is InChI=1S/C14H11N3O3S/c1-20-13(19)11-7-6-10(21-11)12(18)17-14-15-8-4-2-3-5-9(8)16-14/h2-7H,1H3,(H2,15,16,17,18). The van der Waals surface area contributed by atoms with Crippen LogP contribution in [0.15, 0.2) is 36.4 Å². The van der Waals surface area contributed by atoms with Gasteiger partial charge >= 0.3 is 5.97 Å². The number of H-pyrrole nitrogens is 1. The Morgan fingerprint density at radius 1 is 1.19 bits per heavy atom. The SMILES string of the molecule is COC(=O)c1ccc(C(=O)Nc2nc3ccccc3[nH]2)s1. The molecule has 106 valence electrons. The molecule has 21 heavy (non-hydrogen) atoms. The van der Waals surface area contributed by atoms with Gasteiger partial charge in [-0.15, -0.1) is 11.3 Å². The fourth-order valence-electron chi connectivity index (χ4n) is 1.85. The Hall–Kier alpha value is -2.67. The average molecular weight is 301 g/mol. The minimum absolute atomic E-state index is 0.325. The van der Waals surface area contributed by atoms with E-state index in [0.29, 0.717) is 15.7 Å². The second-order valence-electron chi connectivity index (χ2n) is 4.21. The number of ether oxygens (including phenoxy) is 1. The van der Waals surface area contributed by atoms with E-state index in [1.165, 1.54) is 7.11 Å². The number of anilines is 1. The predicted octanol–water partition coefficient (Wildman–Crippen LogP) is 2.66. The van der Waals surface area contributed by atoms with Crippen LogP contribution in [-0.4, -0.2) is 29.0 Å². The summed E-state index contributed by atoms with van der Waals surface area (Å²) in [6, 6.07) is 10.6. The molecule has 0 unspecified atom stereocenters. The van der Waals surface area contributed by atoms with Gasteiger partial charge in [0.1, 0.15) is 4.88 Å². The summed E-state index contributed by atoms with van der Waals surface area (Å²) in [5.74, 6) is -0.411. The van der Waals surface area contributed by atoms with Gasteiger partial charge in [-0.25, -0.2) is 9.78 Å². The van der Waals surface area contributed by atoms with Crippen LogP contribution in [0.3, 0.4) is 0 Å². The van der Waals surface area contributed by atoms with Crippen LogP contribution in [0.2, 0.25) is 0 Å². The minimum Gasteiger partial charge on any atom is -0.465 e. The number of esters is 1. The molecule has 0 spiro atoms. The van der Waals surface area contributed by atoms with E-state index in [1.807, 2.05) is 24.3 Å². The lowest BCUT2D eigenvalue weighted by Gasteiger charge is -1.98. The number of hydrogen-bond acceptors (Lipinski definition) is 5. The van der Waals surface area contributed by atoms with E-state index >= 15 is 0 Å². The lowest BCUT2D eigenvalue weighted by Crippen LogP contribution is -2.11. The zero-order valence-electron chi connectivity index (χ0n) is 11.0. The smallest absolute Gasteiger partial charge is 0.348 e. The number of benzene rings is 1. The van der Waals surface area contributed by atoms with Gasteiger partial charge in [0.15, 0.2) is 0 Å². The third-order valence-electron chi connectivity index (χ3n) is 2.84. The van der Waals surface area contributed by atoms with Crippen molar-refractivity contribution in [3.63, 3.8) is 0 Å². The zero-order valence-corrected chi connectivity index (χ0v) is 11.9. The number of aromatic amines is 1. The number of hydrogen-bond donors (Lipinski definition) is 2. The molecular weight excluding hydrogens is 290 g/mol. The maximum Gasteiger partial charge on any atom is 0.348 e. The van der Waals surface area contributed by atoms with Gasteiger partial charge in [-0.1, -0.05) is 12.1 Å². The van der Waals surface area contributed by atoms with E-state index in [9.17, 15) is 9.59 Å². The Bertz CT molecular complexity index is 789. The van der Waals surface area contributed by atoms with E-state index in [0.717, 1.165) is 22.4 Å². The van der Waals surface area contributed by atoms with Crippen molar-refractivity contribution in [2.24, 2.45) is 0 Å². The summed E-state index contributed by atoms with van der Waals surface area (Å²) in [5.41, 5.74) is 1.61. The summed E-state index contributed by atoms with van der Waals surface area (Å²) in [6.07, 6.45) is 0. The van der Waals surface area contributed by atoms with Crippen LogP contribution in [0.4, 0.5) is 5.95 Å². The van der Waals surface area contributed by atoms with E-state index < -0.39 is 5.97 Å². The maximum absolute atomic E-state index is 12.1. The number of carbonyl (C=O) groups is 2. The quantitative estimate of drug-likeness (QED) is 0.728. The van der Waals surface area contributed by atoms with Crippen LogP contribution in [0.25, 0.3) is 11.0 Å². The lowest BCUT2D eigenvalue weighted by atomic mass is 10.3. The molecular formula is C14H11N3O3S. The summed E-state index contributed by atoms with van der Waals surface area (Å²) < 4.78 is 4.61. The third-order valence-corrected chi connectivity index (χ3v) is 3.90. The summed E-state index contributed by atoms with van der Waals surface area (Å²) in [7, 11) is 1.30. The van der Waals surface area contributed by atoms with Crippen molar-refractivity contribution in [2.45, 2.75) is 0 Å². The van der Waals surface area contributed by atoms with Crippen LogP contribution < -0.4 is 5.32 Å². The highest BCUT2D eigenvalue weighted by molar-refractivity contribution is 7.16. The lowest BCUT2D eigenvalue weighted by molar-refractivity contribution is 0.0606. The van der Waals surface area contributed by atoms with Gasteiger partial charge in [0, 0.05) is 0 Å². The van der Waals surface area contributed by atoms with Crippen molar-refractivity contribution < 1.29 is 14.3 Å². The molecule has 6 nitrogen and oxygen atoms in total. The van der Waals surface area contributed by atoms with Gasteiger partial charge in [-0.05, 0) is 24.3 Å². The van der Waals surface area contributed by atoms with Crippen LogP contribution in [0, 0.1) is 0 Å². The number of methoxy groups -OCH3 is 1. The highest BCUT2D eigenvalue weighted by Crippen LogP contribution is 2.19. The molecule has 0 atom stereocenters. The van der Waals surface area contributed by atoms with Gasteiger partial charge in [0.2, 0.25) is 5.95 Å². The number of carbonyl (C=O) groups excluding carboxylic acids is 2. The first kappa shape index (κ1) is 13.3. The summed E-state index contributed by atoms with van der Waals surface area (Å²) >= 11 is 1.07. The number of nitrogens with one attached hydrogen (secondary N) is 2. The maximum atomic E-state index is 12.1. The van der Waals surface area contributed by atoms with Crippen LogP contribution in [0.1, 0.15) is 19.3 Å². The molecule has 3 rings (SSSR count). The summed E-state index contributed by atoms with van der Waals surface area (Å²) in [4.78, 5) is 31.5. The molecule has 2 heterocycles. The first-order valence-corrected chi connectivity index (χ1v) is 6.93. The molecule has 7 heteroatoms. The van der Waals surface area contributed by atoms with Crippen LogP contribution in [-0.2, 0) is 4.74 Å². The van der Waals surface area contributed by atoms with Gasteiger partial charge in [-0.2, -0.15) is 0 Å². The number of amides is 1. The molecule has 0 aliphatic carbocycles. The molecule has 0 aliphatic rings. The first-order valence-electron chi connectivity index (χ1n) is 6.11. The number of rotatable bonds is 3. The van der Waals surface area contributed by atoms with Gasteiger partial charge in [-0.3, -0.25) is 10.1 Å². The van der Waals surface area contributed by atoms with E-state index in [-0.39, 0.29) is 5.91 Å². The van der Waals surface area contributed by atoms with E-state index in [2.05, 4.69) is 20.0 Å². The Balaban J connectivity index is 1.79. The second kappa shape index (κ2) is 5.37. The van der Waals surface area contributed by atoms with Crippen molar-refractivity contribution in [3.05, 3.63) is 46.2 Å². The molecule has 0 saturated carbocycles. The molecule has 0 fully saturated rings. The van der Waals surface area contributed by atoms with Gasteiger partial charge < -0.3 is 9.72 Å². The van der Waals surface area contributed by atoms with Crippen LogP contribution in [0.5, 0.6) is 0 Å². The monoisotopic (exact) mass is 301 g/mol. The molecule has 3 aromatic rings. The fraction of sp³-hybridized carbons (Fsp3) is 0.0714. The molecule has 0 saturated heterocycles. The molecule has 1 amide bonds. The molecule has 1 aromatic carbocycles. The fourth-order valence-corrected chi connectivity index (χ4v) is 2.67. The number of fused-ring (bicyclic) bond motifs is 1. The van der Waals surface area contributed by atoms with Gasteiger partial charge in [0.05, 0.1) is 23.0 Å². The molecule has 2 aromatic heterocycles. The van der Waals surface area contributed by atoms with Crippen molar-refractivity contribution in [1.82, 2.24) is 9.97 Å².